The smallest absolute Gasteiger partial charge is 0.333 e. The van der Waals surface area contributed by atoms with E-state index in [2.05, 4.69) is 25.9 Å². The monoisotopic (exact) mass is 574 g/mol. The Bertz CT molecular complexity index is 1650. The Labute approximate surface area is 236 Å². The molecule has 0 bridgehead atoms. The standard InChI is InChI=1S/C28H26N6O6S/c1-40-22-7-5-6-20(14-22)17-30-27(36)25-15-24(31-18-32-25)26(35)29-16-19-10-12-21(13-11-19)33-28(37)34-41(38,39)23-8-3-2-4-9-23/h2-15,18H,16-17H2,1H3,(H,29,35)(H,30,36)(H2,33,34,37). The summed E-state index contributed by atoms with van der Waals surface area (Å²) < 4.78 is 31.7. The Morgan fingerprint density at radius 3 is 2.02 bits per heavy atom. The number of aromatic nitrogens is 2. The van der Waals surface area contributed by atoms with Crippen LogP contribution in [0.15, 0.2) is 96.2 Å². The molecule has 0 aliphatic carbocycles. The molecule has 4 amide bonds. The van der Waals surface area contributed by atoms with Crippen molar-refractivity contribution in [1.82, 2.24) is 25.3 Å². The summed E-state index contributed by atoms with van der Waals surface area (Å²) in [5.41, 5.74) is 1.94. The molecule has 13 heteroatoms. The van der Waals surface area contributed by atoms with Crippen molar-refractivity contribution in [3.05, 3.63) is 114 Å². The van der Waals surface area contributed by atoms with E-state index in [9.17, 15) is 22.8 Å². The molecule has 0 radical (unpaired) electrons. The number of amides is 4. The van der Waals surface area contributed by atoms with Gasteiger partial charge in [0, 0.05) is 24.8 Å². The van der Waals surface area contributed by atoms with Crippen molar-refractivity contribution in [2.45, 2.75) is 18.0 Å². The molecule has 210 valence electrons. The SMILES string of the molecule is COc1cccc(CNC(=O)c2cc(C(=O)NCc3ccc(NC(=O)NS(=O)(=O)c4ccccc4)cc3)ncn2)c1. The molecule has 3 aromatic carbocycles. The number of hydrogen-bond acceptors (Lipinski definition) is 8. The number of rotatable bonds is 10. The van der Waals surface area contributed by atoms with Crippen LogP contribution in [0.1, 0.15) is 32.1 Å². The maximum atomic E-state index is 12.6. The number of nitrogens with zero attached hydrogens (tertiary/aromatic N) is 2. The second kappa shape index (κ2) is 13.2. The van der Waals surface area contributed by atoms with E-state index >= 15 is 0 Å². The molecule has 0 fully saturated rings. The number of carbonyl (C=O) groups excluding carboxylic acids is 3. The highest BCUT2D eigenvalue weighted by molar-refractivity contribution is 7.90. The van der Waals surface area contributed by atoms with E-state index in [1.165, 1.54) is 18.2 Å². The number of methoxy groups -OCH3 is 1. The summed E-state index contributed by atoms with van der Waals surface area (Å²) in [6, 6.07) is 21.6. The van der Waals surface area contributed by atoms with Crippen LogP contribution in [0.5, 0.6) is 5.75 Å². The van der Waals surface area contributed by atoms with Gasteiger partial charge in [-0.05, 0) is 47.5 Å². The maximum absolute atomic E-state index is 12.6. The van der Waals surface area contributed by atoms with Crippen molar-refractivity contribution < 1.29 is 27.5 Å². The van der Waals surface area contributed by atoms with Crippen LogP contribution < -0.4 is 25.4 Å². The van der Waals surface area contributed by atoms with Gasteiger partial charge < -0.3 is 20.7 Å². The van der Waals surface area contributed by atoms with Crippen LogP contribution in [0.25, 0.3) is 0 Å². The molecule has 4 N–H and O–H groups in total. The molecular weight excluding hydrogens is 548 g/mol. The summed E-state index contributed by atoms with van der Waals surface area (Å²) in [6.07, 6.45) is 1.14. The topological polar surface area (TPSA) is 168 Å². The van der Waals surface area contributed by atoms with Crippen LogP contribution in [-0.4, -0.2) is 43.3 Å². The Balaban J connectivity index is 1.27. The molecule has 0 saturated heterocycles. The number of benzene rings is 3. The van der Waals surface area contributed by atoms with Crippen LogP contribution in [-0.2, 0) is 23.1 Å². The van der Waals surface area contributed by atoms with Gasteiger partial charge in [-0.2, -0.15) is 0 Å². The molecular formula is C28H26N6O6S. The number of carbonyl (C=O) groups is 3. The molecule has 4 aromatic rings. The average molecular weight is 575 g/mol. The molecule has 0 aliphatic heterocycles. The average Bonchev–Trinajstić information content (AvgIpc) is 2.99. The summed E-state index contributed by atoms with van der Waals surface area (Å²) >= 11 is 0. The van der Waals surface area contributed by atoms with Gasteiger partial charge in [-0.15, -0.1) is 0 Å². The number of ether oxygens (including phenoxy) is 1. The first-order valence-corrected chi connectivity index (χ1v) is 13.7. The predicted molar refractivity (Wildman–Crippen MR) is 150 cm³/mol. The molecule has 4 rings (SSSR count). The first kappa shape index (κ1) is 28.7. The van der Waals surface area contributed by atoms with Crippen molar-refractivity contribution in [1.29, 1.82) is 0 Å². The van der Waals surface area contributed by atoms with E-state index in [0.29, 0.717) is 17.0 Å². The van der Waals surface area contributed by atoms with Crippen molar-refractivity contribution in [2.24, 2.45) is 0 Å². The van der Waals surface area contributed by atoms with E-state index < -0.39 is 27.9 Å². The Hall–Kier alpha value is -5.30. The van der Waals surface area contributed by atoms with Crippen molar-refractivity contribution in [2.75, 3.05) is 12.4 Å². The highest BCUT2D eigenvalue weighted by Crippen LogP contribution is 2.13. The van der Waals surface area contributed by atoms with Gasteiger partial charge in [0.05, 0.1) is 12.0 Å². The van der Waals surface area contributed by atoms with Gasteiger partial charge in [0.15, 0.2) is 0 Å². The number of sulfonamides is 1. The van der Waals surface area contributed by atoms with Crippen LogP contribution >= 0.6 is 0 Å². The Morgan fingerprint density at radius 2 is 1.39 bits per heavy atom. The van der Waals surface area contributed by atoms with E-state index in [1.807, 2.05) is 16.9 Å². The summed E-state index contributed by atoms with van der Waals surface area (Å²) in [6.45, 7) is 0.381. The molecule has 0 spiro atoms. The zero-order valence-electron chi connectivity index (χ0n) is 21.8. The molecule has 0 saturated carbocycles. The highest BCUT2D eigenvalue weighted by Gasteiger charge is 2.17. The number of nitrogens with one attached hydrogen (secondary N) is 4. The number of hydrogen-bond donors (Lipinski definition) is 4. The van der Waals surface area contributed by atoms with Gasteiger partial charge in [0.1, 0.15) is 23.5 Å². The largest absolute Gasteiger partial charge is 0.497 e. The quantitative estimate of drug-likeness (QED) is 0.224. The highest BCUT2D eigenvalue weighted by atomic mass is 32.2. The Kier molecular flexibility index (Phi) is 9.22. The zero-order chi connectivity index (χ0) is 29.2. The molecule has 1 heterocycles. The van der Waals surface area contributed by atoms with E-state index in [0.717, 1.165) is 11.9 Å². The minimum atomic E-state index is -4.01. The van der Waals surface area contributed by atoms with Crippen LogP contribution in [0.4, 0.5) is 10.5 Å². The first-order chi connectivity index (χ1) is 19.7. The van der Waals surface area contributed by atoms with Crippen molar-refractivity contribution >= 4 is 33.6 Å². The van der Waals surface area contributed by atoms with E-state index in [4.69, 9.17) is 4.74 Å². The third-order valence-corrected chi connectivity index (χ3v) is 7.01. The minimum Gasteiger partial charge on any atom is -0.497 e. The van der Waals surface area contributed by atoms with Crippen LogP contribution in [0, 0.1) is 0 Å². The zero-order valence-corrected chi connectivity index (χ0v) is 22.6. The van der Waals surface area contributed by atoms with Crippen LogP contribution in [0.2, 0.25) is 0 Å². The molecule has 0 atom stereocenters. The maximum Gasteiger partial charge on any atom is 0.333 e. The fraction of sp³-hybridized carbons (Fsp3) is 0.107. The fourth-order valence-electron chi connectivity index (χ4n) is 3.58. The minimum absolute atomic E-state index is 0.0149. The second-order valence-electron chi connectivity index (χ2n) is 8.57. The van der Waals surface area contributed by atoms with Crippen molar-refractivity contribution in [3.63, 3.8) is 0 Å². The third-order valence-electron chi connectivity index (χ3n) is 5.67. The summed E-state index contributed by atoms with van der Waals surface area (Å²) in [4.78, 5) is 45.2. The lowest BCUT2D eigenvalue weighted by atomic mass is 10.2. The molecule has 0 unspecified atom stereocenters. The Morgan fingerprint density at radius 1 is 0.756 bits per heavy atom. The lowest BCUT2D eigenvalue weighted by Gasteiger charge is -2.10. The molecule has 1 aromatic heterocycles. The van der Waals surface area contributed by atoms with E-state index in [-0.39, 0.29) is 29.4 Å². The van der Waals surface area contributed by atoms with Gasteiger partial charge in [0.25, 0.3) is 21.8 Å². The summed E-state index contributed by atoms with van der Waals surface area (Å²) in [5.74, 6) is -0.307. The van der Waals surface area contributed by atoms with Gasteiger partial charge in [-0.25, -0.2) is 27.9 Å². The van der Waals surface area contributed by atoms with Gasteiger partial charge in [-0.3, -0.25) is 9.59 Å². The normalized spacial score (nSPS) is 10.8. The number of urea groups is 1. The molecule has 12 nitrogen and oxygen atoms in total. The summed E-state index contributed by atoms with van der Waals surface area (Å²) in [7, 11) is -2.45. The predicted octanol–water partition coefficient (Wildman–Crippen LogP) is 2.86. The van der Waals surface area contributed by atoms with E-state index in [1.54, 1.807) is 61.7 Å². The lowest BCUT2D eigenvalue weighted by molar-refractivity contribution is 0.0944. The summed E-state index contributed by atoms with van der Waals surface area (Å²) in [5, 5.41) is 7.90. The fourth-order valence-corrected chi connectivity index (χ4v) is 4.51. The number of anilines is 1. The third kappa shape index (κ3) is 8.10. The van der Waals surface area contributed by atoms with Crippen LogP contribution in [0.3, 0.4) is 0 Å². The van der Waals surface area contributed by atoms with Gasteiger partial charge in [-0.1, -0.05) is 42.5 Å². The molecule has 41 heavy (non-hydrogen) atoms. The van der Waals surface area contributed by atoms with Gasteiger partial charge in [0.2, 0.25) is 0 Å². The van der Waals surface area contributed by atoms with Gasteiger partial charge >= 0.3 is 6.03 Å². The second-order valence-corrected chi connectivity index (χ2v) is 10.3. The molecule has 0 aliphatic rings. The van der Waals surface area contributed by atoms with Crippen molar-refractivity contribution in [3.8, 4) is 5.75 Å². The lowest BCUT2D eigenvalue weighted by Crippen LogP contribution is -2.34. The first-order valence-electron chi connectivity index (χ1n) is 12.2.